The van der Waals surface area contributed by atoms with Crippen LogP contribution in [0.25, 0.3) is 23.2 Å². The summed E-state index contributed by atoms with van der Waals surface area (Å²) in [5.74, 6) is -2.10. The molecule has 126 valence electrons. The molecule has 0 radical (unpaired) electrons. The van der Waals surface area contributed by atoms with Crippen LogP contribution in [-0.4, -0.2) is 15.5 Å². The standard InChI is InChI=1S/C19H15F2N3O/c1-3-18(25)23-14-9-15-13(11-24(2)19(15)22-10-14)6-4-12-5-7-16(20)17(21)8-12/h3-11H,1H2,2H3,(H,23,25). The molecular formula is C19H15F2N3O. The fourth-order valence-corrected chi connectivity index (χ4v) is 2.49. The molecule has 0 aliphatic rings. The summed E-state index contributed by atoms with van der Waals surface area (Å²) in [5.41, 5.74) is 2.66. The van der Waals surface area contributed by atoms with Gasteiger partial charge in [0.1, 0.15) is 5.65 Å². The van der Waals surface area contributed by atoms with Gasteiger partial charge in [0.15, 0.2) is 11.6 Å². The smallest absolute Gasteiger partial charge is 0.247 e. The van der Waals surface area contributed by atoms with Gasteiger partial charge in [-0.3, -0.25) is 4.79 Å². The molecule has 4 nitrogen and oxygen atoms in total. The summed E-state index contributed by atoms with van der Waals surface area (Å²) in [7, 11) is 1.85. The zero-order valence-corrected chi connectivity index (χ0v) is 13.5. The van der Waals surface area contributed by atoms with Crippen LogP contribution in [0, 0.1) is 11.6 Å². The van der Waals surface area contributed by atoms with Crippen LogP contribution in [0.1, 0.15) is 11.1 Å². The maximum atomic E-state index is 13.3. The van der Waals surface area contributed by atoms with Gasteiger partial charge in [-0.1, -0.05) is 24.8 Å². The predicted octanol–water partition coefficient (Wildman–Crippen LogP) is 4.15. The number of halogens is 2. The van der Waals surface area contributed by atoms with Gasteiger partial charge in [-0.15, -0.1) is 0 Å². The Morgan fingerprint density at radius 1 is 1.24 bits per heavy atom. The van der Waals surface area contributed by atoms with Crippen LogP contribution in [0.2, 0.25) is 0 Å². The number of fused-ring (bicyclic) bond motifs is 1. The molecule has 3 aromatic rings. The Labute approximate surface area is 143 Å². The number of nitrogens with one attached hydrogen (secondary N) is 1. The lowest BCUT2D eigenvalue weighted by Gasteiger charge is -2.02. The molecule has 0 aliphatic carbocycles. The molecule has 0 aliphatic heterocycles. The summed E-state index contributed by atoms with van der Waals surface area (Å²) >= 11 is 0. The van der Waals surface area contributed by atoms with Crippen molar-refractivity contribution >= 4 is 34.8 Å². The number of aromatic nitrogens is 2. The van der Waals surface area contributed by atoms with Gasteiger partial charge < -0.3 is 9.88 Å². The van der Waals surface area contributed by atoms with Crippen molar-refractivity contribution in [3.63, 3.8) is 0 Å². The van der Waals surface area contributed by atoms with E-state index < -0.39 is 11.6 Å². The molecule has 2 heterocycles. The second-order valence-electron chi connectivity index (χ2n) is 5.49. The highest BCUT2D eigenvalue weighted by atomic mass is 19.2. The van der Waals surface area contributed by atoms with Crippen LogP contribution in [0.5, 0.6) is 0 Å². The van der Waals surface area contributed by atoms with Gasteiger partial charge in [0.2, 0.25) is 5.91 Å². The Morgan fingerprint density at radius 3 is 2.76 bits per heavy atom. The topological polar surface area (TPSA) is 46.9 Å². The highest BCUT2D eigenvalue weighted by Crippen LogP contribution is 2.24. The minimum atomic E-state index is -0.892. The molecular weight excluding hydrogens is 324 g/mol. The van der Waals surface area contributed by atoms with E-state index in [1.54, 1.807) is 24.4 Å². The molecule has 0 unspecified atom stereocenters. The first-order valence-corrected chi connectivity index (χ1v) is 7.49. The average molecular weight is 339 g/mol. The van der Waals surface area contributed by atoms with Crippen LogP contribution in [0.15, 0.2) is 49.3 Å². The maximum Gasteiger partial charge on any atom is 0.247 e. The fourth-order valence-electron chi connectivity index (χ4n) is 2.49. The van der Waals surface area contributed by atoms with Gasteiger partial charge in [0, 0.05) is 24.2 Å². The average Bonchev–Trinajstić information content (AvgIpc) is 2.91. The van der Waals surface area contributed by atoms with Gasteiger partial charge in [-0.25, -0.2) is 13.8 Å². The molecule has 0 atom stereocenters. The maximum absolute atomic E-state index is 13.3. The number of rotatable bonds is 4. The van der Waals surface area contributed by atoms with Gasteiger partial charge >= 0.3 is 0 Å². The zero-order chi connectivity index (χ0) is 18.0. The predicted molar refractivity (Wildman–Crippen MR) is 94.8 cm³/mol. The first-order chi connectivity index (χ1) is 12.0. The molecule has 1 amide bonds. The molecule has 0 saturated carbocycles. The molecule has 2 aromatic heterocycles. The van der Waals surface area contributed by atoms with Gasteiger partial charge in [0.05, 0.1) is 11.9 Å². The Morgan fingerprint density at radius 2 is 2.04 bits per heavy atom. The van der Waals surface area contributed by atoms with Gasteiger partial charge in [-0.05, 0) is 29.8 Å². The number of amides is 1. The Bertz CT molecular complexity index is 1010. The van der Waals surface area contributed by atoms with E-state index >= 15 is 0 Å². The first-order valence-electron chi connectivity index (χ1n) is 7.49. The van der Waals surface area contributed by atoms with Crippen molar-refractivity contribution < 1.29 is 13.6 Å². The number of hydrogen-bond acceptors (Lipinski definition) is 2. The van der Waals surface area contributed by atoms with Crippen LogP contribution in [0.3, 0.4) is 0 Å². The lowest BCUT2D eigenvalue weighted by molar-refractivity contribution is -0.111. The van der Waals surface area contributed by atoms with Crippen LogP contribution >= 0.6 is 0 Å². The monoisotopic (exact) mass is 339 g/mol. The Hall–Kier alpha value is -3.28. The molecule has 1 N–H and O–H groups in total. The molecule has 6 heteroatoms. The molecule has 0 spiro atoms. The number of anilines is 1. The number of hydrogen-bond donors (Lipinski definition) is 1. The number of aryl methyl sites for hydroxylation is 1. The van der Waals surface area contributed by atoms with Crippen LogP contribution in [0.4, 0.5) is 14.5 Å². The number of nitrogens with zero attached hydrogens (tertiary/aromatic N) is 2. The van der Waals surface area contributed by atoms with E-state index in [1.165, 1.54) is 12.1 Å². The summed E-state index contributed by atoms with van der Waals surface area (Å²) in [4.78, 5) is 15.8. The summed E-state index contributed by atoms with van der Waals surface area (Å²) in [6, 6.07) is 5.51. The molecule has 0 bridgehead atoms. The van der Waals surface area contributed by atoms with Crippen molar-refractivity contribution in [3.8, 4) is 0 Å². The van der Waals surface area contributed by atoms with Gasteiger partial charge in [0.25, 0.3) is 0 Å². The molecule has 1 aromatic carbocycles. The van der Waals surface area contributed by atoms with E-state index in [0.717, 1.165) is 28.7 Å². The summed E-state index contributed by atoms with van der Waals surface area (Å²) < 4.78 is 28.1. The SMILES string of the molecule is C=CC(=O)Nc1cnc2c(c1)c(C=Cc1ccc(F)c(F)c1)cn2C. The number of carbonyl (C=O) groups is 1. The van der Waals surface area contributed by atoms with Crippen LogP contribution < -0.4 is 5.32 Å². The van der Waals surface area contributed by atoms with Crippen molar-refractivity contribution in [3.05, 3.63) is 72.1 Å². The highest BCUT2D eigenvalue weighted by molar-refractivity contribution is 6.00. The van der Waals surface area contributed by atoms with Gasteiger partial charge in [-0.2, -0.15) is 0 Å². The highest BCUT2D eigenvalue weighted by Gasteiger charge is 2.08. The molecule has 0 saturated heterocycles. The minimum Gasteiger partial charge on any atom is -0.335 e. The minimum absolute atomic E-state index is 0.323. The van der Waals surface area contributed by atoms with E-state index in [-0.39, 0.29) is 5.91 Å². The Balaban J connectivity index is 1.98. The summed E-state index contributed by atoms with van der Waals surface area (Å²) in [6.45, 7) is 3.41. The number of pyridine rings is 1. The van der Waals surface area contributed by atoms with Crippen molar-refractivity contribution in [2.45, 2.75) is 0 Å². The van der Waals surface area contributed by atoms with E-state index in [1.807, 2.05) is 17.8 Å². The normalized spacial score (nSPS) is 11.2. The molecule has 0 fully saturated rings. The van der Waals surface area contributed by atoms with Crippen molar-refractivity contribution in [1.29, 1.82) is 0 Å². The third-order valence-electron chi connectivity index (χ3n) is 3.70. The van der Waals surface area contributed by atoms with E-state index in [0.29, 0.717) is 11.3 Å². The Kier molecular flexibility index (Phi) is 4.43. The number of carbonyl (C=O) groups excluding carboxylic acids is 1. The van der Waals surface area contributed by atoms with Crippen molar-refractivity contribution in [2.75, 3.05) is 5.32 Å². The van der Waals surface area contributed by atoms with Crippen molar-refractivity contribution in [1.82, 2.24) is 9.55 Å². The number of benzene rings is 1. The largest absolute Gasteiger partial charge is 0.335 e. The van der Waals surface area contributed by atoms with Crippen LogP contribution in [-0.2, 0) is 11.8 Å². The summed E-state index contributed by atoms with van der Waals surface area (Å²) in [6.07, 6.45) is 8.08. The lowest BCUT2D eigenvalue weighted by Crippen LogP contribution is -2.07. The van der Waals surface area contributed by atoms with E-state index in [9.17, 15) is 13.6 Å². The van der Waals surface area contributed by atoms with E-state index in [4.69, 9.17) is 0 Å². The molecule has 25 heavy (non-hydrogen) atoms. The fraction of sp³-hybridized carbons (Fsp3) is 0.0526. The zero-order valence-electron chi connectivity index (χ0n) is 13.5. The lowest BCUT2D eigenvalue weighted by atomic mass is 10.1. The van der Waals surface area contributed by atoms with Crippen molar-refractivity contribution in [2.24, 2.45) is 7.05 Å². The second-order valence-corrected chi connectivity index (χ2v) is 5.49. The second kappa shape index (κ2) is 6.68. The quantitative estimate of drug-likeness (QED) is 0.726. The first kappa shape index (κ1) is 16.6. The summed E-state index contributed by atoms with van der Waals surface area (Å²) in [5, 5.41) is 3.49. The van der Waals surface area contributed by atoms with E-state index in [2.05, 4.69) is 16.9 Å². The third-order valence-corrected chi connectivity index (χ3v) is 3.70. The third kappa shape index (κ3) is 3.47. The molecule has 3 rings (SSSR count).